The van der Waals surface area contributed by atoms with E-state index in [1.165, 1.54) is 42.9 Å². The normalized spacial score (nSPS) is 16.9. The molecule has 1 saturated heterocycles. The maximum atomic E-state index is 5.74. The Hall–Kier alpha value is -1.97. The first-order valence-corrected chi connectivity index (χ1v) is 8.43. The fourth-order valence-electron chi connectivity index (χ4n) is 3.59. The molecule has 0 saturated carbocycles. The molecule has 2 aromatic rings. The van der Waals surface area contributed by atoms with Crippen molar-refractivity contribution in [2.24, 2.45) is 0 Å². The lowest BCUT2D eigenvalue weighted by Crippen LogP contribution is -2.38. The topological polar surface area (TPSA) is 41.1 Å². The van der Waals surface area contributed by atoms with Gasteiger partial charge in [0.1, 0.15) is 11.4 Å². The maximum Gasteiger partial charge on any atom is 0.119 e. The van der Waals surface area contributed by atoms with E-state index in [-0.39, 0.29) is 0 Å². The monoisotopic (exact) mass is 297 g/mol. The number of fused-ring (bicyclic) bond motifs is 2. The Morgan fingerprint density at radius 3 is 2.73 bits per heavy atom. The Kier molecular flexibility index (Phi) is 3.53. The zero-order valence-corrected chi connectivity index (χ0v) is 13.1. The van der Waals surface area contributed by atoms with Crippen molar-refractivity contribution in [2.75, 3.05) is 24.6 Å². The molecule has 22 heavy (non-hydrogen) atoms. The predicted molar refractivity (Wildman–Crippen MR) is 88.6 cm³/mol. The van der Waals surface area contributed by atoms with Crippen molar-refractivity contribution in [1.29, 1.82) is 0 Å². The molecular weight excluding hydrogens is 274 g/mol. The summed E-state index contributed by atoms with van der Waals surface area (Å²) in [4.78, 5) is 2.49. The van der Waals surface area contributed by atoms with Crippen molar-refractivity contribution >= 4 is 5.69 Å². The van der Waals surface area contributed by atoms with Gasteiger partial charge in [0, 0.05) is 24.6 Å². The first-order chi connectivity index (χ1) is 10.9. The van der Waals surface area contributed by atoms with Crippen molar-refractivity contribution in [1.82, 2.24) is 10.2 Å². The standard InChI is InChI=1S/C18H23N3O/c1-2-3-12-22-15-6-4-13(5-7-15)16-18-17(20-19-16)14-8-10-21(18)11-9-14/h4-7,14H,2-3,8-12H2,1H3,(H,19,20). The number of anilines is 1. The van der Waals surface area contributed by atoms with Crippen LogP contribution >= 0.6 is 0 Å². The van der Waals surface area contributed by atoms with Crippen molar-refractivity contribution in [3.8, 4) is 17.0 Å². The lowest BCUT2D eigenvalue weighted by Gasteiger charge is -2.40. The fraction of sp³-hybridized carbons (Fsp3) is 0.500. The molecule has 1 aromatic heterocycles. The summed E-state index contributed by atoms with van der Waals surface area (Å²) < 4.78 is 5.74. The summed E-state index contributed by atoms with van der Waals surface area (Å²) >= 11 is 0. The van der Waals surface area contributed by atoms with Crippen LogP contribution in [0.4, 0.5) is 5.69 Å². The molecule has 3 aliphatic rings. The fourth-order valence-corrected chi connectivity index (χ4v) is 3.59. The van der Waals surface area contributed by atoms with Crippen molar-refractivity contribution in [3.63, 3.8) is 0 Å². The van der Waals surface area contributed by atoms with Crippen LogP contribution in [0.15, 0.2) is 24.3 Å². The van der Waals surface area contributed by atoms with Crippen LogP contribution in [0.25, 0.3) is 11.3 Å². The van der Waals surface area contributed by atoms with Gasteiger partial charge in [0.25, 0.3) is 0 Å². The summed E-state index contributed by atoms with van der Waals surface area (Å²) in [6, 6.07) is 8.37. The van der Waals surface area contributed by atoms with Crippen molar-refractivity contribution in [3.05, 3.63) is 30.0 Å². The van der Waals surface area contributed by atoms with Crippen LogP contribution in [0.1, 0.15) is 44.2 Å². The van der Waals surface area contributed by atoms with Gasteiger partial charge >= 0.3 is 0 Å². The van der Waals surface area contributed by atoms with Gasteiger partial charge in [-0.2, -0.15) is 5.10 Å². The van der Waals surface area contributed by atoms with E-state index in [4.69, 9.17) is 4.74 Å². The van der Waals surface area contributed by atoms with E-state index >= 15 is 0 Å². The zero-order valence-electron chi connectivity index (χ0n) is 13.1. The summed E-state index contributed by atoms with van der Waals surface area (Å²) in [7, 11) is 0. The molecule has 5 rings (SSSR count). The van der Waals surface area contributed by atoms with Crippen LogP contribution in [0.3, 0.4) is 0 Å². The van der Waals surface area contributed by atoms with E-state index < -0.39 is 0 Å². The molecule has 2 bridgehead atoms. The summed E-state index contributed by atoms with van der Waals surface area (Å²) in [5.74, 6) is 1.63. The molecule has 3 aliphatic heterocycles. The Labute approximate surface area is 131 Å². The third-order valence-electron chi connectivity index (χ3n) is 4.88. The van der Waals surface area contributed by atoms with Gasteiger partial charge in [0.05, 0.1) is 18.0 Å². The highest BCUT2D eigenvalue weighted by atomic mass is 16.5. The Morgan fingerprint density at radius 2 is 2.00 bits per heavy atom. The minimum atomic E-state index is 0.679. The molecule has 0 aliphatic carbocycles. The lowest BCUT2D eigenvalue weighted by molar-refractivity contribution is 0.309. The van der Waals surface area contributed by atoms with Gasteiger partial charge in [0.2, 0.25) is 0 Å². The largest absolute Gasteiger partial charge is 0.494 e. The third-order valence-corrected chi connectivity index (χ3v) is 4.88. The summed E-state index contributed by atoms with van der Waals surface area (Å²) in [6.07, 6.45) is 4.79. The molecule has 116 valence electrons. The highest BCUT2D eigenvalue weighted by molar-refractivity contribution is 5.79. The number of H-pyrrole nitrogens is 1. The number of rotatable bonds is 5. The average Bonchev–Trinajstić information content (AvgIpc) is 3.04. The second kappa shape index (κ2) is 5.67. The van der Waals surface area contributed by atoms with Gasteiger partial charge in [-0.3, -0.25) is 5.10 Å². The van der Waals surface area contributed by atoms with Crippen LogP contribution < -0.4 is 9.64 Å². The molecule has 0 amide bonds. The van der Waals surface area contributed by atoms with E-state index in [2.05, 4.69) is 46.3 Å². The van der Waals surface area contributed by atoms with Gasteiger partial charge in [-0.1, -0.05) is 13.3 Å². The molecule has 1 N–H and O–H groups in total. The lowest BCUT2D eigenvalue weighted by atomic mass is 9.86. The van der Waals surface area contributed by atoms with Gasteiger partial charge < -0.3 is 9.64 Å². The van der Waals surface area contributed by atoms with E-state index in [0.29, 0.717) is 5.92 Å². The first-order valence-electron chi connectivity index (χ1n) is 8.43. The van der Waals surface area contributed by atoms with Crippen LogP contribution in [0.5, 0.6) is 5.75 Å². The van der Waals surface area contributed by atoms with Gasteiger partial charge in [-0.05, 0) is 43.5 Å². The number of unbranched alkanes of at least 4 members (excludes halogenated alkanes) is 1. The molecule has 1 fully saturated rings. The number of hydrogen-bond acceptors (Lipinski definition) is 3. The highest BCUT2D eigenvalue weighted by Gasteiger charge is 2.35. The molecule has 0 unspecified atom stereocenters. The van der Waals surface area contributed by atoms with E-state index in [0.717, 1.165) is 30.9 Å². The number of benzene rings is 1. The quantitative estimate of drug-likeness (QED) is 0.849. The second-order valence-corrected chi connectivity index (χ2v) is 6.32. The second-order valence-electron chi connectivity index (χ2n) is 6.32. The number of aromatic nitrogens is 2. The first kappa shape index (κ1) is 13.7. The molecule has 0 radical (unpaired) electrons. The number of nitrogens with one attached hydrogen (secondary N) is 1. The molecule has 4 heterocycles. The number of ether oxygens (including phenoxy) is 1. The Morgan fingerprint density at radius 1 is 1.23 bits per heavy atom. The van der Waals surface area contributed by atoms with Crippen molar-refractivity contribution < 1.29 is 4.74 Å². The Balaban J connectivity index is 1.58. The maximum absolute atomic E-state index is 5.74. The predicted octanol–water partition coefficient (Wildman–Crippen LogP) is 3.95. The Bertz CT molecular complexity index is 639. The number of aromatic amines is 1. The van der Waals surface area contributed by atoms with Crippen LogP contribution in [-0.4, -0.2) is 29.9 Å². The smallest absolute Gasteiger partial charge is 0.119 e. The molecule has 0 atom stereocenters. The van der Waals surface area contributed by atoms with Crippen LogP contribution in [0, 0.1) is 0 Å². The van der Waals surface area contributed by atoms with Crippen LogP contribution in [-0.2, 0) is 0 Å². The third kappa shape index (κ3) is 2.27. The van der Waals surface area contributed by atoms with Gasteiger partial charge in [-0.25, -0.2) is 0 Å². The molecular formula is C18H23N3O. The summed E-state index contributed by atoms with van der Waals surface area (Å²) in [6.45, 7) is 5.31. The van der Waals surface area contributed by atoms with Crippen LogP contribution in [0.2, 0.25) is 0 Å². The minimum absolute atomic E-state index is 0.679. The number of hydrogen-bond donors (Lipinski definition) is 1. The molecule has 4 nitrogen and oxygen atoms in total. The summed E-state index contributed by atoms with van der Waals surface area (Å²) in [5, 5.41) is 7.90. The van der Waals surface area contributed by atoms with E-state index in [1.807, 2.05) is 0 Å². The molecule has 0 spiro atoms. The zero-order chi connectivity index (χ0) is 14.9. The SMILES string of the molecule is CCCCOc1ccc(-c2n[nH]c3c2N2CCC3CC2)cc1. The van der Waals surface area contributed by atoms with Crippen molar-refractivity contribution in [2.45, 2.75) is 38.5 Å². The number of piperidine rings is 1. The highest BCUT2D eigenvalue weighted by Crippen LogP contribution is 2.45. The van der Waals surface area contributed by atoms with Gasteiger partial charge in [0.15, 0.2) is 0 Å². The van der Waals surface area contributed by atoms with E-state index in [1.54, 1.807) is 0 Å². The average molecular weight is 297 g/mol. The molecule has 1 aromatic carbocycles. The van der Waals surface area contributed by atoms with Gasteiger partial charge in [-0.15, -0.1) is 0 Å². The summed E-state index contributed by atoms with van der Waals surface area (Å²) in [5.41, 5.74) is 4.95. The minimum Gasteiger partial charge on any atom is -0.494 e. The number of nitrogens with zero attached hydrogens (tertiary/aromatic N) is 2. The van der Waals surface area contributed by atoms with E-state index in [9.17, 15) is 0 Å². The molecule has 4 heteroatoms.